The molecule has 1 aliphatic carbocycles. The van der Waals surface area contributed by atoms with Crippen LogP contribution < -0.4 is 5.32 Å². The van der Waals surface area contributed by atoms with Crippen molar-refractivity contribution < 1.29 is 4.79 Å². The molecule has 1 aliphatic rings. The van der Waals surface area contributed by atoms with E-state index in [-0.39, 0.29) is 5.92 Å². The lowest BCUT2D eigenvalue weighted by molar-refractivity contribution is -0.119. The van der Waals surface area contributed by atoms with E-state index in [1.54, 1.807) is 0 Å². The van der Waals surface area contributed by atoms with Gasteiger partial charge in [0, 0.05) is 13.0 Å². The molecule has 0 amide bonds. The van der Waals surface area contributed by atoms with Gasteiger partial charge in [-0.05, 0) is 28.8 Å². The average molecular weight is 265 g/mol. The van der Waals surface area contributed by atoms with Gasteiger partial charge in [-0.1, -0.05) is 55.5 Å². The lowest BCUT2D eigenvalue weighted by Crippen LogP contribution is -2.21. The molecule has 1 N–H and O–H groups in total. The van der Waals surface area contributed by atoms with Gasteiger partial charge < -0.3 is 5.32 Å². The van der Waals surface area contributed by atoms with Crippen molar-refractivity contribution in [3.63, 3.8) is 0 Å². The summed E-state index contributed by atoms with van der Waals surface area (Å²) < 4.78 is 0. The minimum atomic E-state index is -0.0824. The molecule has 0 aliphatic heterocycles. The highest BCUT2D eigenvalue weighted by Gasteiger charge is 2.32. The molecule has 2 aromatic carbocycles. The summed E-state index contributed by atoms with van der Waals surface area (Å²) in [5.41, 5.74) is 4.75. The Labute approximate surface area is 119 Å². The molecule has 0 bridgehead atoms. The average Bonchev–Trinajstić information content (AvgIpc) is 2.82. The number of hydrogen-bond donors (Lipinski definition) is 1. The van der Waals surface area contributed by atoms with Crippen LogP contribution in [0.15, 0.2) is 48.5 Å². The molecular formula is C18H19NO. The Morgan fingerprint density at radius 2 is 1.55 bits per heavy atom. The number of fused-ring (bicyclic) bond motifs is 3. The standard InChI is InChI=1S/C18H19NO/c1-2-19-12-11-17(20)18-15-9-5-3-7-13(15)14-8-4-6-10-16(14)18/h3-10,18-19H,2,11-12H2,1H3. The number of benzene rings is 2. The first-order valence-corrected chi connectivity index (χ1v) is 7.24. The lowest BCUT2D eigenvalue weighted by atomic mass is 9.91. The van der Waals surface area contributed by atoms with Crippen LogP contribution in [0.2, 0.25) is 0 Å². The predicted molar refractivity (Wildman–Crippen MR) is 81.9 cm³/mol. The van der Waals surface area contributed by atoms with Crippen molar-refractivity contribution in [2.24, 2.45) is 0 Å². The molecule has 20 heavy (non-hydrogen) atoms. The van der Waals surface area contributed by atoms with Crippen molar-refractivity contribution in [2.75, 3.05) is 13.1 Å². The van der Waals surface area contributed by atoms with Gasteiger partial charge in [0.1, 0.15) is 5.78 Å². The number of carbonyl (C=O) groups is 1. The van der Waals surface area contributed by atoms with Crippen LogP contribution in [0.25, 0.3) is 11.1 Å². The van der Waals surface area contributed by atoms with Crippen LogP contribution >= 0.6 is 0 Å². The third-order valence-corrected chi connectivity index (χ3v) is 3.95. The maximum absolute atomic E-state index is 12.6. The number of nitrogens with one attached hydrogen (secondary N) is 1. The number of ketones is 1. The molecule has 3 rings (SSSR count). The molecule has 102 valence electrons. The summed E-state index contributed by atoms with van der Waals surface area (Å²) >= 11 is 0. The van der Waals surface area contributed by atoms with Crippen LogP contribution in [0, 0.1) is 0 Å². The van der Waals surface area contributed by atoms with E-state index in [1.807, 2.05) is 24.3 Å². The minimum absolute atomic E-state index is 0.0824. The summed E-state index contributed by atoms with van der Waals surface area (Å²) in [5, 5.41) is 3.23. The van der Waals surface area contributed by atoms with Crippen molar-refractivity contribution in [3.05, 3.63) is 59.7 Å². The summed E-state index contributed by atoms with van der Waals surface area (Å²) in [6.45, 7) is 3.73. The number of rotatable bonds is 5. The van der Waals surface area contributed by atoms with Gasteiger partial charge in [0.15, 0.2) is 0 Å². The smallest absolute Gasteiger partial charge is 0.146 e. The second kappa shape index (κ2) is 5.59. The Bertz CT molecular complexity index is 587. The van der Waals surface area contributed by atoms with E-state index < -0.39 is 0 Å². The molecule has 0 unspecified atom stereocenters. The lowest BCUT2D eigenvalue weighted by Gasteiger charge is -2.12. The number of hydrogen-bond acceptors (Lipinski definition) is 2. The Hall–Kier alpha value is -1.93. The van der Waals surface area contributed by atoms with Crippen molar-refractivity contribution >= 4 is 5.78 Å². The maximum atomic E-state index is 12.6. The van der Waals surface area contributed by atoms with E-state index in [0.717, 1.165) is 24.2 Å². The molecular weight excluding hydrogens is 246 g/mol. The van der Waals surface area contributed by atoms with Crippen LogP contribution in [-0.4, -0.2) is 18.9 Å². The summed E-state index contributed by atoms with van der Waals surface area (Å²) in [4.78, 5) is 12.6. The van der Waals surface area contributed by atoms with Gasteiger partial charge in [0.05, 0.1) is 5.92 Å². The molecule has 0 aromatic heterocycles. The van der Waals surface area contributed by atoms with Crippen LogP contribution in [0.1, 0.15) is 30.4 Å². The van der Waals surface area contributed by atoms with Gasteiger partial charge in [0.2, 0.25) is 0 Å². The summed E-state index contributed by atoms with van der Waals surface area (Å²) in [7, 11) is 0. The quantitative estimate of drug-likeness (QED) is 0.840. The SMILES string of the molecule is CCNCCC(=O)C1c2ccccc2-c2ccccc21. The van der Waals surface area contributed by atoms with Crippen molar-refractivity contribution in [1.82, 2.24) is 5.32 Å². The normalized spacial score (nSPS) is 13.1. The molecule has 2 heteroatoms. The predicted octanol–water partition coefficient (Wildman–Crippen LogP) is 3.37. The highest BCUT2D eigenvalue weighted by atomic mass is 16.1. The summed E-state index contributed by atoms with van der Waals surface area (Å²) in [5.74, 6) is 0.226. The summed E-state index contributed by atoms with van der Waals surface area (Å²) in [6, 6.07) is 16.5. The largest absolute Gasteiger partial charge is 0.317 e. The minimum Gasteiger partial charge on any atom is -0.317 e. The molecule has 0 radical (unpaired) electrons. The number of Topliss-reactive ketones (excluding diaryl/α,β-unsaturated/α-hetero) is 1. The van der Waals surface area contributed by atoms with Crippen molar-refractivity contribution in [1.29, 1.82) is 0 Å². The molecule has 0 saturated heterocycles. The molecule has 2 nitrogen and oxygen atoms in total. The highest BCUT2D eigenvalue weighted by molar-refractivity contribution is 5.97. The third-order valence-electron chi connectivity index (χ3n) is 3.95. The topological polar surface area (TPSA) is 29.1 Å². The van der Waals surface area contributed by atoms with E-state index in [0.29, 0.717) is 12.2 Å². The van der Waals surface area contributed by atoms with Crippen LogP contribution in [0.3, 0.4) is 0 Å². The zero-order chi connectivity index (χ0) is 13.9. The number of carbonyl (C=O) groups excluding carboxylic acids is 1. The Morgan fingerprint density at radius 1 is 1.00 bits per heavy atom. The van der Waals surface area contributed by atoms with Gasteiger partial charge in [-0.2, -0.15) is 0 Å². The third kappa shape index (κ3) is 2.16. The van der Waals surface area contributed by atoms with E-state index >= 15 is 0 Å². The second-order valence-electron chi connectivity index (χ2n) is 5.18. The first-order valence-electron chi connectivity index (χ1n) is 7.24. The fourth-order valence-electron chi connectivity index (χ4n) is 3.04. The molecule has 0 heterocycles. The van der Waals surface area contributed by atoms with E-state index in [4.69, 9.17) is 0 Å². The van der Waals surface area contributed by atoms with Crippen LogP contribution in [0.4, 0.5) is 0 Å². The first-order chi connectivity index (χ1) is 9.83. The van der Waals surface area contributed by atoms with E-state index in [1.165, 1.54) is 11.1 Å². The van der Waals surface area contributed by atoms with Gasteiger partial charge in [-0.3, -0.25) is 4.79 Å². The van der Waals surface area contributed by atoms with Gasteiger partial charge in [-0.25, -0.2) is 0 Å². The molecule has 2 aromatic rings. The fourth-order valence-corrected chi connectivity index (χ4v) is 3.04. The van der Waals surface area contributed by atoms with Crippen molar-refractivity contribution in [2.45, 2.75) is 19.3 Å². The monoisotopic (exact) mass is 265 g/mol. The molecule has 0 atom stereocenters. The van der Waals surface area contributed by atoms with Crippen LogP contribution in [-0.2, 0) is 4.79 Å². The summed E-state index contributed by atoms with van der Waals surface area (Å²) in [6.07, 6.45) is 0.584. The van der Waals surface area contributed by atoms with E-state index in [9.17, 15) is 4.79 Å². The molecule has 0 spiro atoms. The van der Waals surface area contributed by atoms with Gasteiger partial charge >= 0.3 is 0 Å². The first kappa shape index (κ1) is 13.1. The van der Waals surface area contributed by atoms with Gasteiger partial charge in [0.25, 0.3) is 0 Å². The second-order valence-corrected chi connectivity index (χ2v) is 5.18. The van der Waals surface area contributed by atoms with Crippen LogP contribution in [0.5, 0.6) is 0 Å². The Morgan fingerprint density at radius 3 is 2.10 bits per heavy atom. The fraction of sp³-hybridized carbons (Fsp3) is 0.278. The highest BCUT2D eigenvalue weighted by Crippen LogP contribution is 2.45. The van der Waals surface area contributed by atoms with Crippen molar-refractivity contribution in [3.8, 4) is 11.1 Å². The Kier molecular flexibility index (Phi) is 3.66. The maximum Gasteiger partial charge on any atom is 0.146 e. The van der Waals surface area contributed by atoms with Gasteiger partial charge in [-0.15, -0.1) is 0 Å². The van der Waals surface area contributed by atoms with E-state index in [2.05, 4.69) is 36.5 Å². The molecule has 0 fully saturated rings. The zero-order valence-electron chi connectivity index (χ0n) is 11.7. The molecule has 0 saturated carbocycles. The zero-order valence-corrected chi connectivity index (χ0v) is 11.7. The Balaban J connectivity index is 1.96.